The Balaban J connectivity index is 1.64. The molecule has 2 rings (SSSR count). The van der Waals surface area contributed by atoms with Crippen LogP contribution in [0.25, 0.3) is 0 Å². The summed E-state index contributed by atoms with van der Waals surface area (Å²) in [5, 5.41) is 2.53. The molecule has 8 nitrogen and oxygen atoms in total. The fourth-order valence-electron chi connectivity index (χ4n) is 2.53. The van der Waals surface area contributed by atoms with Crippen molar-refractivity contribution in [2.75, 3.05) is 19.8 Å². The highest BCUT2D eigenvalue weighted by atomic mass is 16.6. The number of hydrogen-bond acceptors (Lipinski definition) is 7. The normalized spacial score (nSPS) is 20.7. The van der Waals surface area contributed by atoms with Crippen molar-refractivity contribution < 1.29 is 33.0 Å². The standard InChI is InChI=1S/C18H23NO7/c1-3-13-11-18(13,15(20)23-4-2)16(21)25-9-6-10-26-17(22)19-12-14-7-5-8-24-14/h3,5,7-8,13H,1,4,6,9-12H2,2H3,(H,19,22). The summed E-state index contributed by atoms with van der Waals surface area (Å²) in [5.74, 6) is -0.856. The van der Waals surface area contributed by atoms with Gasteiger partial charge in [-0.25, -0.2) is 4.79 Å². The number of nitrogens with one attached hydrogen (secondary N) is 1. The molecule has 1 fully saturated rings. The summed E-state index contributed by atoms with van der Waals surface area (Å²) in [5.41, 5.74) is -1.26. The van der Waals surface area contributed by atoms with E-state index in [0.717, 1.165) is 0 Å². The van der Waals surface area contributed by atoms with Gasteiger partial charge < -0.3 is 23.9 Å². The summed E-state index contributed by atoms with van der Waals surface area (Å²) in [7, 11) is 0. The van der Waals surface area contributed by atoms with Crippen LogP contribution in [0.15, 0.2) is 35.5 Å². The molecule has 0 bridgehead atoms. The van der Waals surface area contributed by atoms with Crippen LogP contribution in [-0.4, -0.2) is 37.9 Å². The van der Waals surface area contributed by atoms with E-state index in [2.05, 4.69) is 11.9 Å². The van der Waals surface area contributed by atoms with Gasteiger partial charge in [-0.1, -0.05) is 6.08 Å². The second-order valence-electron chi connectivity index (χ2n) is 5.80. The number of rotatable bonds is 10. The predicted octanol–water partition coefficient (Wildman–Crippen LogP) is 2.19. The summed E-state index contributed by atoms with van der Waals surface area (Å²) in [6.07, 6.45) is 3.14. The van der Waals surface area contributed by atoms with E-state index in [4.69, 9.17) is 18.6 Å². The number of furan rings is 1. The van der Waals surface area contributed by atoms with Gasteiger partial charge in [-0.3, -0.25) is 9.59 Å². The van der Waals surface area contributed by atoms with Gasteiger partial charge in [0.1, 0.15) is 5.76 Å². The summed E-state index contributed by atoms with van der Waals surface area (Å²) >= 11 is 0. The van der Waals surface area contributed by atoms with Crippen molar-refractivity contribution in [2.24, 2.45) is 11.3 Å². The van der Waals surface area contributed by atoms with E-state index in [1.807, 2.05) is 0 Å². The second-order valence-corrected chi connectivity index (χ2v) is 5.80. The van der Waals surface area contributed by atoms with Gasteiger partial charge in [-0.15, -0.1) is 6.58 Å². The van der Waals surface area contributed by atoms with Gasteiger partial charge in [0.2, 0.25) is 0 Å². The Morgan fingerprint density at radius 3 is 2.65 bits per heavy atom. The molecular weight excluding hydrogens is 342 g/mol. The van der Waals surface area contributed by atoms with Crippen LogP contribution < -0.4 is 5.32 Å². The molecule has 1 heterocycles. The first-order chi connectivity index (χ1) is 12.5. The minimum Gasteiger partial charge on any atom is -0.467 e. The topological polar surface area (TPSA) is 104 Å². The summed E-state index contributed by atoms with van der Waals surface area (Å²) in [6.45, 7) is 5.83. The molecule has 142 valence electrons. The third-order valence-corrected chi connectivity index (χ3v) is 4.05. The van der Waals surface area contributed by atoms with E-state index in [1.54, 1.807) is 25.1 Å². The lowest BCUT2D eigenvalue weighted by Gasteiger charge is -2.14. The minimum atomic E-state index is -1.26. The van der Waals surface area contributed by atoms with Crippen LogP contribution in [0.5, 0.6) is 0 Å². The highest BCUT2D eigenvalue weighted by Gasteiger charge is 2.67. The largest absolute Gasteiger partial charge is 0.467 e. The fraction of sp³-hybridized carbons (Fsp3) is 0.500. The van der Waals surface area contributed by atoms with Crippen LogP contribution in [0.1, 0.15) is 25.5 Å². The van der Waals surface area contributed by atoms with Gasteiger partial charge >= 0.3 is 18.0 Å². The number of ether oxygens (including phenoxy) is 3. The Morgan fingerprint density at radius 2 is 2.04 bits per heavy atom. The first-order valence-electron chi connectivity index (χ1n) is 8.44. The zero-order chi connectivity index (χ0) is 19.0. The average molecular weight is 365 g/mol. The van der Waals surface area contributed by atoms with Crippen molar-refractivity contribution in [3.63, 3.8) is 0 Å². The van der Waals surface area contributed by atoms with Crippen LogP contribution in [0.2, 0.25) is 0 Å². The van der Waals surface area contributed by atoms with Crippen molar-refractivity contribution in [1.29, 1.82) is 0 Å². The quantitative estimate of drug-likeness (QED) is 0.223. The average Bonchev–Trinajstić information content (AvgIpc) is 3.16. The first-order valence-corrected chi connectivity index (χ1v) is 8.44. The molecule has 8 heteroatoms. The van der Waals surface area contributed by atoms with Crippen LogP contribution >= 0.6 is 0 Å². The van der Waals surface area contributed by atoms with Crippen molar-refractivity contribution in [1.82, 2.24) is 5.32 Å². The van der Waals surface area contributed by atoms with E-state index in [0.29, 0.717) is 18.6 Å². The Morgan fingerprint density at radius 1 is 1.31 bits per heavy atom. The molecule has 0 radical (unpaired) electrons. The molecule has 1 saturated carbocycles. The number of hydrogen-bond donors (Lipinski definition) is 1. The van der Waals surface area contributed by atoms with Crippen LogP contribution in [0.3, 0.4) is 0 Å². The molecule has 1 amide bonds. The fourth-order valence-corrected chi connectivity index (χ4v) is 2.53. The molecule has 0 spiro atoms. The van der Waals surface area contributed by atoms with Crippen LogP contribution in [0, 0.1) is 11.3 Å². The molecule has 2 atom stereocenters. The van der Waals surface area contributed by atoms with Crippen molar-refractivity contribution in [3.05, 3.63) is 36.8 Å². The summed E-state index contributed by atoms with van der Waals surface area (Å²) in [6, 6.07) is 3.45. The SMILES string of the molecule is C=CC1CC1(C(=O)OCC)C(=O)OCCCOC(=O)NCc1ccco1. The van der Waals surface area contributed by atoms with Crippen LogP contribution in [-0.2, 0) is 30.3 Å². The third-order valence-electron chi connectivity index (χ3n) is 4.05. The number of allylic oxidation sites excluding steroid dienone is 1. The molecule has 2 unspecified atom stereocenters. The van der Waals surface area contributed by atoms with E-state index in [-0.39, 0.29) is 32.3 Å². The number of carbonyl (C=O) groups excluding carboxylic acids is 3. The Bertz CT molecular complexity index is 640. The Kier molecular flexibility index (Phi) is 6.82. The molecular formula is C18H23NO7. The Hall–Kier alpha value is -2.77. The molecule has 1 aliphatic rings. The van der Waals surface area contributed by atoms with Gasteiger partial charge in [0.15, 0.2) is 5.41 Å². The first kappa shape index (κ1) is 19.6. The monoisotopic (exact) mass is 365 g/mol. The van der Waals surface area contributed by atoms with Gasteiger partial charge in [0.25, 0.3) is 0 Å². The lowest BCUT2D eigenvalue weighted by molar-refractivity contribution is -0.165. The van der Waals surface area contributed by atoms with Gasteiger partial charge in [0.05, 0.1) is 32.6 Å². The third kappa shape index (κ3) is 4.65. The van der Waals surface area contributed by atoms with E-state index in [9.17, 15) is 14.4 Å². The molecule has 1 aromatic rings. The van der Waals surface area contributed by atoms with E-state index in [1.165, 1.54) is 6.26 Å². The minimum absolute atomic E-state index is 0.0370. The maximum atomic E-state index is 12.2. The van der Waals surface area contributed by atoms with E-state index < -0.39 is 23.4 Å². The van der Waals surface area contributed by atoms with Gasteiger partial charge in [0, 0.05) is 12.3 Å². The molecule has 1 aliphatic carbocycles. The van der Waals surface area contributed by atoms with Crippen LogP contribution in [0.4, 0.5) is 4.79 Å². The van der Waals surface area contributed by atoms with Gasteiger partial charge in [-0.2, -0.15) is 0 Å². The summed E-state index contributed by atoms with van der Waals surface area (Å²) < 4.78 is 20.2. The van der Waals surface area contributed by atoms with Crippen molar-refractivity contribution >= 4 is 18.0 Å². The molecule has 0 aromatic carbocycles. The highest BCUT2D eigenvalue weighted by Crippen LogP contribution is 2.55. The molecule has 26 heavy (non-hydrogen) atoms. The molecule has 0 aliphatic heterocycles. The maximum Gasteiger partial charge on any atom is 0.407 e. The number of amides is 1. The lowest BCUT2D eigenvalue weighted by atomic mass is 10.0. The van der Waals surface area contributed by atoms with Gasteiger partial charge in [-0.05, 0) is 25.5 Å². The number of alkyl carbamates (subject to hydrolysis) is 1. The predicted molar refractivity (Wildman–Crippen MR) is 89.8 cm³/mol. The van der Waals surface area contributed by atoms with Crippen molar-refractivity contribution in [3.8, 4) is 0 Å². The molecule has 0 saturated heterocycles. The second kappa shape index (κ2) is 9.07. The van der Waals surface area contributed by atoms with E-state index >= 15 is 0 Å². The van der Waals surface area contributed by atoms with Crippen molar-refractivity contribution in [2.45, 2.75) is 26.3 Å². The maximum absolute atomic E-state index is 12.2. The summed E-state index contributed by atoms with van der Waals surface area (Å²) in [4.78, 5) is 35.8. The highest BCUT2D eigenvalue weighted by molar-refractivity contribution is 6.04. The zero-order valence-electron chi connectivity index (χ0n) is 14.7. The molecule has 1 N–H and O–H groups in total. The Labute approximate surface area is 151 Å². The number of carbonyl (C=O) groups is 3. The number of esters is 2. The lowest BCUT2D eigenvalue weighted by Crippen LogP contribution is -2.32. The smallest absolute Gasteiger partial charge is 0.407 e. The zero-order valence-corrected chi connectivity index (χ0v) is 14.7. The molecule has 1 aromatic heterocycles.